The molecule has 0 N–H and O–H groups in total. The Morgan fingerprint density at radius 2 is 0.960 bits per heavy atom. The Morgan fingerprint density at radius 1 is 0.460 bits per heavy atom. The van der Waals surface area contributed by atoms with Crippen LogP contribution in [0.4, 0.5) is 17.1 Å². The Bertz CT molecular complexity index is 2400. The predicted octanol–water partition coefficient (Wildman–Crippen LogP) is 10.6. The Labute approximate surface area is 297 Å². The molecule has 0 unspecified atom stereocenters. The second-order valence-electron chi connectivity index (χ2n) is 14.8. The number of anilines is 3. The van der Waals surface area contributed by atoms with Gasteiger partial charge in [-0.3, -0.25) is 0 Å². The summed E-state index contributed by atoms with van der Waals surface area (Å²) in [5.41, 5.74) is 21.9. The van der Waals surface area contributed by atoms with E-state index in [0.717, 1.165) is 0 Å². The first-order valence-electron chi connectivity index (χ1n) is 17.8. The van der Waals surface area contributed by atoms with Crippen molar-refractivity contribution in [3.63, 3.8) is 0 Å². The van der Waals surface area contributed by atoms with Crippen molar-refractivity contribution in [1.82, 2.24) is 0 Å². The predicted molar refractivity (Wildman–Crippen MR) is 215 cm³/mol. The van der Waals surface area contributed by atoms with E-state index < -0.39 is 0 Å². The number of hydrogen-bond acceptors (Lipinski definition) is 1. The van der Waals surface area contributed by atoms with Crippen molar-refractivity contribution in [2.75, 3.05) is 4.90 Å². The van der Waals surface area contributed by atoms with Gasteiger partial charge in [0.2, 0.25) is 6.71 Å². The molecule has 0 spiro atoms. The normalized spacial score (nSPS) is 13.8. The monoisotopic (exact) mass is 641 g/mol. The van der Waals surface area contributed by atoms with Crippen molar-refractivity contribution in [3.8, 4) is 33.4 Å². The van der Waals surface area contributed by atoms with Gasteiger partial charge in [-0.15, -0.1) is 0 Å². The van der Waals surface area contributed by atoms with Crippen LogP contribution >= 0.6 is 0 Å². The molecule has 0 aliphatic carbocycles. The third-order valence-electron chi connectivity index (χ3n) is 11.2. The Hall–Kier alpha value is -5.60. The lowest BCUT2D eigenvalue weighted by atomic mass is 9.29. The van der Waals surface area contributed by atoms with Gasteiger partial charge >= 0.3 is 0 Å². The highest BCUT2D eigenvalue weighted by Gasteiger charge is 2.47. The van der Waals surface area contributed by atoms with Crippen LogP contribution in [-0.4, -0.2) is 6.71 Å². The van der Waals surface area contributed by atoms with Gasteiger partial charge in [0.05, 0.1) is 0 Å². The molecule has 2 heteroatoms. The fourth-order valence-corrected chi connectivity index (χ4v) is 8.55. The summed E-state index contributed by atoms with van der Waals surface area (Å²) in [7, 11) is 0. The molecule has 0 radical (unpaired) electrons. The van der Waals surface area contributed by atoms with Crippen LogP contribution in [0.5, 0.6) is 0 Å². The third-order valence-corrected chi connectivity index (χ3v) is 11.2. The lowest BCUT2D eigenvalue weighted by Gasteiger charge is -2.46. The molecule has 0 fully saturated rings. The molecule has 2 aliphatic heterocycles. The third kappa shape index (κ3) is 4.77. The van der Waals surface area contributed by atoms with Crippen molar-refractivity contribution in [1.29, 1.82) is 0 Å². The van der Waals surface area contributed by atoms with Crippen LogP contribution in [0.3, 0.4) is 0 Å². The molecule has 0 aromatic heterocycles. The van der Waals surface area contributed by atoms with Gasteiger partial charge in [0.25, 0.3) is 0 Å². The lowest BCUT2D eigenvalue weighted by molar-refractivity contribution is 0.647. The van der Waals surface area contributed by atoms with Gasteiger partial charge in [-0.1, -0.05) is 163 Å². The fraction of sp³-hybridized carbons (Fsp3) is 0.125. The SMILES string of the molecule is Cc1ccc(-c2ccc(N3c4ccc(-c5ccc(C)cc5)cc4B4c5ccccc5C(C)(C)c5c(-c6ccc(C)cc6)ccc3c54)cc2)cc1. The first-order valence-corrected chi connectivity index (χ1v) is 17.8. The number of hydrogen-bond donors (Lipinski definition) is 0. The zero-order valence-corrected chi connectivity index (χ0v) is 29.5. The van der Waals surface area contributed by atoms with Crippen molar-refractivity contribution in [2.24, 2.45) is 0 Å². The average molecular weight is 642 g/mol. The second kappa shape index (κ2) is 11.5. The molecular formula is C48H40BN. The highest BCUT2D eigenvalue weighted by Crippen LogP contribution is 2.46. The van der Waals surface area contributed by atoms with Crippen LogP contribution in [0.2, 0.25) is 0 Å². The molecule has 2 aliphatic rings. The Morgan fingerprint density at radius 3 is 1.58 bits per heavy atom. The highest BCUT2D eigenvalue weighted by molar-refractivity contribution is 6.99. The summed E-state index contributed by atoms with van der Waals surface area (Å²) in [5.74, 6) is 0. The van der Waals surface area contributed by atoms with E-state index in [-0.39, 0.29) is 12.1 Å². The molecule has 50 heavy (non-hydrogen) atoms. The minimum Gasteiger partial charge on any atom is -0.312 e. The molecular weight excluding hydrogens is 601 g/mol. The van der Waals surface area contributed by atoms with Gasteiger partial charge in [-0.05, 0) is 100 Å². The van der Waals surface area contributed by atoms with Gasteiger partial charge in [0.1, 0.15) is 0 Å². The standard InChI is InChI=1S/C48H40BN/c1-31-10-16-34(17-11-31)35-22-25-39(26-23-35)50-44-28-24-38(36-18-12-32(2)13-19-36)30-43(44)49-42-9-7-6-8-41(42)48(4,5)46-40(27-29-45(50)47(46)49)37-20-14-33(3)15-21-37/h6-30H,1-5H3. The zero-order valence-electron chi connectivity index (χ0n) is 29.5. The van der Waals surface area contributed by atoms with E-state index in [1.807, 2.05) is 0 Å². The molecule has 0 bridgehead atoms. The van der Waals surface area contributed by atoms with E-state index in [1.165, 1.54) is 94.6 Å². The number of aryl methyl sites for hydroxylation is 3. The van der Waals surface area contributed by atoms with Crippen LogP contribution < -0.4 is 21.3 Å². The number of rotatable bonds is 4. The summed E-state index contributed by atoms with van der Waals surface area (Å²) in [6.07, 6.45) is 0. The summed E-state index contributed by atoms with van der Waals surface area (Å²) in [4.78, 5) is 2.52. The largest absolute Gasteiger partial charge is 0.312 e. The van der Waals surface area contributed by atoms with Gasteiger partial charge < -0.3 is 4.90 Å². The topological polar surface area (TPSA) is 3.24 Å². The summed E-state index contributed by atoms with van der Waals surface area (Å²) in [5, 5.41) is 0. The summed E-state index contributed by atoms with van der Waals surface area (Å²) in [6, 6.07) is 57.1. The Kier molecular flexibility index (Phi) is 7.00. The van der Waals surface area contributed by atoms with Crippen molar-refractivity contribution in [2.45, 2.75) is 40.0 Å². The number of benzene rings is 7. The summed E-state index contributed by atoms with van der Waals surface area (Å²) < 4.78 is 0. The van der Waals surface area contributed by atoms with Gasteiger partial charge in [0, 0.05) is 22.5 Å². The van der Waals surface area contributed by atoms with Crippen molar-refractivity contribution >= 4 is 40.2 Å². The van der Waals surface area contributed by atoms with Gasteiger partial charge in [0.15, 0.2) is 0 Å². The number of nitrogens with zero attached hydrogens (tertiary/aromatic N) is 1. The van der Waals surface area contributed by atoms with Crippen LogP contribution in [0.25, 0.3) is 33.4 Å². The minimum atomic E-state index is -0.203. The molecule has 7 aromatic carbocycles. The molecule has 2 heterocycles. The van der Waals surface area contributed by atoms with Crippen molar-refractivity contribution < 1.29 is 0 Å². The van der Waals surface area contributed by atoms with E-state index in [1.54, 1.807) is 0 Å². The second-order valence-corrected chi connectivity index (χ2v) is 14.8. The zero-order chi connectivity index (χ0) is 34.1. The average Bonchev–Trinajstić information content (AvgIpc) is 3.14. The van der Waals surface area contributed by atoms with E-state index in [4.69, 9.17) is 0 Å². The maximum Gasteiger partial charge on any atom is 0.247 e. The van der Waals surface area contributed by atoms with Crippen LogP contribution in [-0.2, 0) is 5.41 Å². The van der Waals surface area contributed by atoms with Crippen molar-refractivity contribution in [3.05, 3.63) is 179 Å². The summed E-state index contributed by atoms with van der Waals surface area (Å²) in [6.45, 7) is 11.4. The molecule has 9 rings (SSSR count). The van der Waals surface area contributed by atoms with Crippen LogP contribution in [0.1, 0.15) is 41.7 Å². The number of fused-ring (bicyclic) bond motifs is 4. The Balaban J connectivity index is 1.32. The smallest absolute Gasteiger partial charge is 0.247 e. The fourth-order valence-electron chi connectivity index (χ4n) is 8.55. The molecule has 240 valence electrons. The maximum atomic E-state index is 2.52. The van der Waals surface area contributed by atoms with E-state index in [2.05, 4.69) is 191 Å². The molecule has 0 saturated carbocycles. The molecule has 0 amide bonds. The van der Waals surface area contributed by atoms with Crippen LogP contribution in [0, 0.1) is 20.8 Å². The van der Waals surface area contributed by atoms with Gasteiger partial charge in [-0.25, -0.2) is 0 Å². The molecule has 0 atom stereocenters. The lowest BCUT2D eigenvalue weighted by Crippen LogP contribution is -2.64. The molecule has 7 aromatic rings. The summed E-state index contributed by atoms with van der Waals surface area (Å²) >= 11 is 0. The van der Waals surface area contributed by atoms with E-state index in [9.17, 15) is 0 Å². The van der Waals surface area contributed by atoms with E-state index >= 15 is 0 Å². The van der Waals surface area contributed by atoms with Gasteiger partial charge in [-0.2, -0.15) is 0 Å². The first kappa shape index (κ1) is 30.5. The highest BCUT2D eigenvalue weighted by atomic mass is 15.1. The molecule has 0 saturated heterocycles. The maximum absolute atomic E-state index is 2.52. The molecule has 1 nitrogen and oxygen atoms in total. The first-order chi connectivity index (χ1) is 24.3. The van der Waals surface area contributed by atoms with E-state index in [0.29, 0.717) is 0 Å². The van der Waals surface area contributed by atoms with Crippen LogP contribution in [0.15, 0.2) is 152 Å². The quantitative estimate of drug-likeness (QED) is 0.173. The minimum absolute atomic E-state index is 0.109.